The van der Waals surface area contributed by atoms with Gasteiger partial charge in [0.2, 0.25) is 17.0 Å². The van der Waals surface area contributed by atoms with Gasteiger partial charge in [0.15, 0.2) is 11.2 Å². The van der Waals surface area contributed by atoms with Crippen molar-refractivity contribution in [1.82, 2.24) is 28.8 Å². The van der Waals surface area contributed by atoms with E-state index in [2.05, 4.69) is 15.1 Å². The Hall–Kier alpha value is -3.20. The molecule has 0 saturated heterocycles. The first-order chi connectivity index (χ1) is 12.5. The Morgan fingerprint density at radius 1 is 1.08 bits per heavy atom. The molecule has 1 aromatic carbocycles. The monoisotopic (exact) mass is 372 g/mol. The standard InChI is InChI=1S/C16H13ClN6O3/c1-21-13-11(14(24)22(2)16(21)25)23(15(17)19-13)8-10-18-12(20-26-10)9-6-4-3-5-7-9/h3-7H,8H2,1-2H3. The van der Waals surface area contributed by atoms with E-state index in [4.69, 9.17) is 16.1 Å². The molecule has 10 heteroatoms. The Kier molecular flexibility index (Phi) is 3.73. The van der Waals surface area contributed by atoms with Crippen LogP contribution < -0.4 is 11.2 Å². The summed E-state index contributed by atoms with van der Waals surface area (Å²) in [6, 6.07) is 9.35. The second-order valence-corrected chi connectivity index (χ2v) is 6.06. The van der Waals surface area contributed by atoms with Crippen LogP contribution >= 0.6 is 11.6 Å². The molecule has 0 aliphatic carbocycles. The zero-order valence-corrected chi connectivity index (χ0v) is 14.6. The van der Waals surface area contributed by atoms with Gasteiger partial charge in [-0.1, -0.05) is 35.5 Å². The summed E-state index contributed by atoms with van der Waals surface area (Å²) < 4.78 is 8.99. The fraction of sp³-hybridized carbons (Fsp3) is 0.188. The van der Waals surface area contributed by atoms with Gasteiger partial charge in [0.25, 0.3) is 5.56 Å². The number of benzene rings is 1. The lowest BCUT2D eigenvalue weighted by atomic mass is 10.2. The number of halogens is 1. The Morgan fingerprint density at radius 2 is 1.81 bits per heavy atom. The molecular formula is C16H13ClN6O3. The molecule has 0 spiro atoms. The topological polar surface area (TPSA) is 101 Å². The largest absolute Gasteiger partial charge is 0.337 e. The minimum Gasteiger partial charge on any atom is -0.337 e. The van der Waals surface area contributed by atoms with Crippen LogP contribution in [0.1, 0.15) is 5.89 Å². The molecule has 9 nitrogen and oxygen atoms in total. The number of hydrogen-bond acceptors (Lipinski definition) is 6. The first-order valence-corrected chi connectivity index (χ1v) is 8.05. The molecule has 0 aliphatic rings. The molecule has 0 amide bonds. The number of nitrogens with zero attached hydrogens (tertiary/aromatic N) is 6. The minimum absolute atomic E-state index is 0.0535. The van der Waals surface area contributed by atoms with Crippen LogP contribution in [0.15, 0.2) is 44.4 Å². The van der Waals surface area contributed by atoms with Crippen molar-refractivity contribution in [1.29, 1.82) is 0 Å². The van der Waals surface area contributed by atoms with Gasteiger partial charge in [0.05, 0.1) is 0 Å². The van der Waals surface area contributed by atoms with E-state index in [1.165, 1.54) is 23.2 Å². The van der Waals surface area contributed by atoms with Gasteiger partial charge < -0.3 is 4.52 Å². The number of hydrogen-bond donors (Lipinski definition) is 0. The van der Waals surface area contributed by atoms with Crippen LogP contribution in [0.5, 0.6) is 0 Å². The van der Waals surface area contributed by atoms with Crippen molar-refractivity contribution in [2.75, 3.05) is 0 Å². The van der Waals surface area contributed by atoms with Crippen molar-refractivity contribution in [3.05, 3.63) is 62.3 Å². The van der Waals surface area contributed by atoms with Crippen LogP contribution in [0.4, 0.5) is 0 Å². The predicted molar refractivity (Wildman–Crippen MR) is 94.1 cm³/mol. The summed E-state index contributed by atoms with van der Waals surface area (Å²) in [7, 11) is 2.92. The number of rotatable bonds is 3. The minimum atomic E-state index is -0.495. The summed E-state index contributed by atoms with van der Waals surface area (Å²) in [4.78, 5) is 33.0. The van der Waals surface area contributed by atoms with Gasteiger partial charge in [-0.2, -0.15) is 9.97 Å². The highest BCUT2D eigenvalue weighted by molar-refractivity contribution is 6.29. The highest BCUT2D eigenvalue weighted by Gasteiger charge is 2.20. The van der Waals surface area contributed by atoms with Crippen LogP contribution in [0.25, 0.3) is 22.6 Å². The number of imidazole rings is 1. The SMILES string of the molecule is Cn1c(=O)c2c(nc(Cl)n2Cc2nc(-c3ccccc3)no2)n(C)c1=O. The highest BCUT2D eigenvalue weighted by Crippen LogP contribution is 2.19. The molecule has 0 bridgehead atoms. The van der Waals surface area contributed by atoms with E-state index in [9.17, 15) is 9.59 Å². The van der Waals surface area contributed by atoms with Gasteiger partial charge in [-0.25, -0.2) is 4.79 Å². The van der Waals surface area contributed by atoms with Crippen molar-refractivity contribution in [3.8, 4) is 11.4 Å². The zero-order valence-electron chi connectivity index (χ0n) is 13.9. The van der Waals surface area contributed by atoms with E-state index in [1.54, 1.807) is 0 Å². The lowest BCUT2D eigenvalue weighted by Gasteiger charge is -2.05. The molecule has 4 aromatic rings. The van der Waals surface area contributed by atoms with E-state index >= 15 is 0 Å². The van der Waals surface area contributed by atoms with Gasteiger partial charge in [-0.05, 0) is 11.6 Å². The lowest BCUT2D eigenvalue weighted by molar-refractivity contribution is 0.372. The Balaban J connectivity index is 1.82. The average Bonchev–Trinajstić information content (AvgIpc) is 3.25. The van der Waals surface area contributed by atoms with Crippen LogP contribution in [-0.4, -0.2) is 28.8 Å². The molecule has 3 heterocycles. The summed E-state index contributed by atoms with van der Waals surface area (Å²) in [6.07, 6.45) is 0. The van der Waals surface area contributed by atoms with E-state index in [1.807, 2.05) is 30.3 Å². The summed E-state index contributed by atoms with van der Waals surface area (Å²) in [5.41, 5.74) is 0.227. The van der Waals surface area contributed by atoms with Crippen LogP contribution in [0.2, 0.25) is 5.28 Å². The molecule has 3 aromatic heterocycles. The zero-order chi connectivity index (χ0) is 18.4. The molecule has 0 aliphatic heterocycles. The van der Waals surface area contributed by atoms with Crippen molar-refractivity contribution >= 4 is 22.8 Å². The van der Waals surface area contributed by atoms with Gasteiger partial charge in [-0.3, -0.25) is 18.5 Å². The Morgan fingerprint density at radius 3 is 2.54 bits per heavy atom. The molecule has 0 N–H and O–H groups in total. The molecule has 0 unspecified atom stereocenters. The lowest BCUT2D eigenvalue weighted by Crippen LogP contribution is -2.37. The molecule has 132 valence electrons. The van der Waals surface area contributed by atoms with Gasteiger partial charge in [0.1, 0.15) is 6.54 Å². The van der Waals surface area contributed by atoms with Gasteiger partial charge >= 0.3 is 5.69 Å². The predicted octanol–water partition coefficient (Wildman–Crippen LogP) is 1.19. The number of aryl methyl sites for hydroxylation is 1. The number of aromatic nitrogens is 6. The smallest absolute Gasteiger partial charge is 0.332 e. The van der Waals surface area contributed by atoms with Crippen molar-refractivity contribution < 1.29 is 4.52 Å². The van der Waals surface area contributed by atoms with Crippen molar-refractivity contribution in [2.45, 2.75) is 6.54 Å². The molecular weight excluding hydrogens is 360 g/mol. The second kappa shape index (κ2) is 5.95. The quantitative estimate of drug-likeness (QED) is 0.501. The molecule has 0 saturated carbocycles. The molecule has 0 atom stereocenters. The average molecular weight is 373 g/mol. The second-order valence-electron chi connectivity index (χ2n) is 5.72. The molecule has 26 heavy (non-hydrogen) atoms. The summed E-state index contributed by atoms with van der Waals surface area (Å²) in [6.45, 7) is 0.0581. The summed E-state index contributed by atoms with van der Waals surface area (Å²) >= 11 is 6.19. The van der Waals surface area contributed by atoms with E-state index in [0.29, 0.717) is 5.82 Å². The van der Waals surface area contributed by atoms with E-state index < -0.39 is 11.2 Å². The van der Waals surface area contributed by atoms with Gasteiger partial charge in [-0.15, -0.1) is 0 Å². The molecule has 0 radical (unpaired) electrons. The normalized spacial score (nSPS) is 11.3. The third-order valence-electron chi connectivity index (χ3n) is 4.09. The molecule has 4 rings (SSSR count). The van der Waals surface area contributed by atoms with Crippen LogP contribution in [0, 0.1) is 0 Å². The van der Waals surface area contributed by atoms with Crippen molar-refractivity contribution in [2.24, 2.45) is 14.1 Å². The van der Waals surface area contributed by atoms with Gasteiger partial charge in [0, 0.05) is 19.7 Å². The number of fused-ring (bicyclic) bond motifs is 1. The maximum absolute atomic E-state index is 12.5. The maximum atomic E-state index is 12.5. The van der Waals surface area contributed by atoms with Crippen molar-refractivity contribution in [3.63, 3.8) is 0 Å². The Labute approximate surface area is 151 Å². The third kappa shape index (κ3) is 2.44. The fourth-order valence-corrected chi connectivity index (χ4v) is 2.95. The summed E-state index contributed by atoms with van der Waals surface area (Å²) in [5.74, 6) is 0.697. The van der Waals surface area contributed by atoms with Crippen LogP contribution in [0.3, 0.4) is 0 Å². The first kappa shape index (κ1) is 16.3. The fourth-order valence-electron chi connectivity index (χ4n) is 2.72. The third-order valence-corrected chi connectivity index (χ3v) is 4.38. The van der Waals surface area contributed by atoms with E-state index in [0.717, 1.165) is 10.1 Å². The molecule has 0 fully saturated rings. The maximum Gasteiger partial charge on any atom is 0.332 e. The first-order valence-electron chi connectivity index (χ1n) is 7.67. The van der Waals surface area contributed by atoms with Crippen LogP contribution in [-0.2, 0) is 20.6 Å². The summed E-state index contributed by atoms with van der Waals surface area (Å²) in [5, 5.41) is 4.00. The van der Waals surface area contributed by atoms with E-state index in [-0.39, 0.29) is 28.9 Å². The highest BCUT2D eigenvalue weighted by atomic mass is 35.5. The Bertz CT molecular complexity index is 1230.